The van der Waals surface area contributed by atoms with Crippen LogP contribution in [0.3, 0.4) is 0 Å². The molecule has 1 saturated heterocycles. The number of rotatable bonds is 3. The second-order valence-electron chi connectivity index (χ2n) is 4.84. The lowest BCUT2D eigenvalue weighted by molar-refractivity contribution is 0.342. The van der Waals surface area contributed by atoms with Gasteiger partial charge in [0.1, 0.15) is 0 Å². The summed E-state index contributed by atoms with van der Waals surface area (Å²) in [4.78, 5) is 2.40. The van der Waals surface area contributed by atoms with Crippen LogP contribution in [0.1, 0.15) is 20.3 Å². The van der Waals surface area contributed by atoms with Crippen LogP contribution in [-0.4, -0.2) is 25.7 Å². The SMILES string of the molecule is CCC(C)C1CN(c2ccccc2Cl)CCN1. The second-order valence-corrected chi connectivity index (χ2v) is 5.25. The Hall–Kier alpha value is -0.730. The van der Waals surface area contributed by atoms with E-state index in [9.17, 15) is 0 Å². The topological polar surface area (TPSA) is 15.3 Å². The molecule has 1 aliphatic heterocycles. The molecule has 1 aromatic carbocycles. The summed E-state index contributed by atoms with van der Waals surface area (Å²) in [5, 5.41) is 4.46. The molecular formula is C14H21ClN2. The van der Waals surface area contributed by atoms with Gasteiger partial charge in [-0.25, -0.2) is 0 Å². The monoisotopic (exact) mass is 252 g/mol. The van der Waals surface area contributed by atoms with Crippen molar-refractivity contribution in [2.75, 3.05) is 24.5 Å². The Labute approximate surface area is 109 Å². The maximum Gasteiger partial charge on any atom is 0.0639 e. The molecule has 2 nitrogen and oxygen atoms in total. The smallest absolute Gasteiger partial charge is 0.0639 e. The van der Waals surface area contributed by atoms with E-state index in [0.717, 1.165) is 24.7 Å². The fourth-order valence-corrected chi connectivity index (χ4v) is 2.63. The van der Waals surface area contributed by atoms with Gasteiger partial charge < -0.3 is 10.2 Å². The van der Waals surface area contributed by atoms with E-state index in [0.29, 0.717) is 12.0 Å². The van der Waals surface area contributed by atoms with Crippen molar-refractivity contribution in [3.63, 3.8) is 0 Å². The lowest BCUT2D eigenvalue weighted by Gasteiger charge is -2.38. The van der Waals surface area contributed by atoms with Gasteiger partial charge in [0.25, 0.3) is 0 Å². The summed E-state index contributed by atoms with van der Waals surface area (Å²) in [5.41, 5.74) is 1.17. The van der Waals surface area contributed by atoms with Crippen LogP contribution in [0.25, 0.3) is 0 Å². The molecule has 1 N–H and O–H groups in total. The third-order valence-electron chi connectivity index (χ3n) is 3.73. The van der Waals surface area contributed by atoms with Crippen molar-refractivity contribution in [3.05, 3.63) is 29.3 Å². The normalized spacial score (nSPS) is 22.5. The minimum Gasteiger partial charge on any atom is -0.367 e. The molecule has 2 unspecified atom stereocenters. The molecule has 0 aromatic heterocycles. The number of anilines is 1. The lowest BCUT2D eigenvalue weighted by Crippen LogP contribution is -2.53. The van der Waals surface area contributed by atoms with Crippen molar-refractivity contribution < 1.29 is 0 Å². The predicted octanol–water partition coefficient (Wildman–Crippen LogP) is 3.16. The summed E-state index contributed by atoms with van der Waals surface area (Å²) >= 11 is 6.26. The molecule has 1 aromatic rings. The minimum absolute atomic E-state index is 0.574. The lowest BCUT2D eigenvalue weighted by atomic mass is 9.97. The fourth-order valence-electron chi connectivity index (χ4n) is 2.37. The van der Waals surface area contributed by atoms with Crippen LogP contribution in [0, 0.1) is 5.92 Å². The summed E-state index contributed by atoms with van der Waals surface area (Å²) in [6, 6.07) is 8.70. The Morgan fingerprint density at radius 1 is 1.47 bits per heavy atom. The van der Waals surface area contributed by atoms with Gasteiger partial charge in [-0.15, -0.1) is 0 Å². The average molecular weight is 253 g/mol. The molecular weight excluding hydrogens is 232 g/mol. The Balaban J connectivity index is 2.10. The van der Waals surface area contributed by atoms with Crippen molar-refractivity contribution in [1.82, 2.24) is 5.32 Å². The van der Waals surface area contributed by atoms with E-state index >= 15 is 0 Å². The highest BCUT2D eigenvalue weighted by atomic mass is 35.5. The molecule has 2 rings (SSSR count). The summed E-state index contributed by atoms with van der Waals surface area (Å²) in [5.74, 6) is 0.709. The van der Waals surface area contributed by atoms with Gasteiger partial charge in [0.2, 0.25) is 0 Å². The van der Waals surface area contributed by atoms with Crippen molar-refractivity contribution in [2.45, 2.75) is 26.3 Å². The minimum atomic E-state index is 0.574. The maximum absolute atomic E-state index is 6.26. The first-order valence-corrected chi connectivity index (χ1v) is 6.83. The third kappa shape index (κ3) is 2.93. The zero-order chi connectivity index (χ0) is 12.3. The molecule has 94 valence electrons. The van der Waals surface area contributed by atoms with E-state index in [2.05, 4.69) is 36.2 Å². The van der Waals surface area contributed by atoms with Crippen LogP contribution in [0.5, 0.6) is 0 Å². The predicted molar refractivity (Wildman–Crippen MR) is 74.9 cm³/mol. The van der Waals surface area contributed by atoms with Gasteiger partial charge in [-0.1, -0.05) is 44.0 Å². The standard InChI is InChI=1S/C14H21ClN2/c1-3-11(2)13-10-17(9-8-16-13)14-7-5-4-6-12(14)15/h4-7,11,13,16H,3,8-10H2,1-2H3. The second kappa shape index (κ2) is 5.74. The van der Waals surface area contributed by atoms with Crippen LogP contribution >= 0.6 is 11.6 Å². The van der Waals surface area contributed by atoms with E-state index in [1.807, 2.05) is 12.1 Å². The van der Waals surface area contributed by atoms with Gasteiger partial charge in [0, 0.05) is 25.7 Å². The van der Waals surface area contributed by atoms with E-state index in [1.54, 1.807) is 0 Å². The zero-order valence-corrected chi connectivity index (χ0v) is 11.4. The fraction of sp³-hybridized carbons (Fsp3) is 0.571. The van der Waals surface area contributed by atoms with Gasteiger partial charge in [0.15, 0.2) is 0 Å². The third-order valence-corrected chi connectivity index (χ3v) is 4.05. The number of hydrogen-bond acceptors (Lipinski definition) is 2. The molecule has 0 aliphatic carbocycles. The van der Waals surface area contributed by atoms with Crippen LogP contribution in [0.15, 0.2) is 24.3 Å². The highest BCUT2D eigenvalue weighted by molar-refractivity contribution is 6.33. The van der Waals surface area contributed by atoms with Crippen LogP contribution < -0.4 is 10.2 Å². The largest absolute Gasteiger partial charge is 0.367 e. The zero-order valence-electron chi connectivity index (χ0n) is 10.6. The average Bonchev–Trinajstić information content (AvgIpc) is 2.38. The van der Waals surface area contributed by atoms with Crippen molar-refractivity contribution >= 4 is 17.3 Å². The van der Waals surface area contributed by atoms with Crippen molar-refractivity contribution in [2.24, 2.45) is 5.92 Å². The maximum atomic E-state index is 6.26. The number of piperazine rings is 1. The molecule has 1 heterocycles. The van der Waals surface area contributed by atoms with Gasteiger partial charge >= 0.3 is 0 Å². The van der Waals surface area contributed by atoms with E-state index < -0.39 is 0 Å². The Kier molecular flexibility index (Phi) is 4.30. The van der Waals surface area contributed by atoms with E-state index in [1.165, 1.54) is 12.1 Å². The first kappa shape index (κ1) is 12.7. The number of nitrogens with one attached hydrogen (secondary N) is 1. The van der Waals surface area contributed by atoms with E-state index in [4.69, 9.17) is 11.6 Å². The number of para-hydroxylation sites is 1. The Bertz CT molecular complexity index is 367. The summed E-state index contributed by atoms with van der Waals surface area (Å²) < 4.78 is 0. The molecule has 0 amide bonds. The van der Waals surface area contributed by atoms with E-state index in [-0.39, 0.29) is 0 Å². The quantitative estimate of drug-likeness (QED) is 0.889. The molecule has 17 heavy (non-hydrogen) atoms. The highest BCUT2D eigenvalue weighted by Gasteiger charge is 2.24. The first-order valence-electron chi connectivity index (χ1n) is 6.45. The van der Waals surface area contributed by atoms with Crippen molar-refractivity contribution in [1.29, 1.82) is 0 Å². The molecule has 0 bridgehead atoms. The molecule has 1 fully saturated rings. The van der Waals surface area contributed by atoms with Crippen LogP contribution in [0.2, 0.25) is 5.02 Å². The van der Waals surface area contributed by atoms with Gasteiger partial charge in [-0.3, -0.25) is 0 Å². The van der Waals surface area contributed by atoms with Crippen LogP contribution in [-0.2, 0) is 0 Å². The molecule has 3 heteroatoms. The highest BCUT2D eigenvalue weighted by Crippen LogP contribution is 2.27. The number of benzene rings is 1. The van der Waals surface area contributed by atoms with Crippen LogP contribution in [0.4, 0.5) is 5.69 Å². The summed E-state index contributed by atoms with van der Waals surface area (Å²) in [6.45, 7) is 7.70. The Morgan fingerprint density at radius 3 is 2.94 bits per heavy atom. The van der Waals surface area contributed by atoms with Gasteiger partial charge in [0.05, 0.1) is 10.7 Å². The molecule has 0 saturated carbocycles. The number of hydrogen-bond donors (Lipinski definition) is 1. The molecule has 0 radical (unpaired) electrons. The van der Waals surface area contributed by atoms with Crippen molar-refractivity contribution in [3.8, 4) is 0 Å². The Morgan fingerprint density at radius 2 is 2.24 bits per heavy atom. The molecule has 2 atom stereocenters. The first-order chi connectivity index (χ1) is 8.22. The molecule has 1 aliphatic rings. The molecule has 0 spiro atoms. The number of halogens is 1. The van der Waals surface area contributed by atoms with Gasteiger partial charge in [-0.2, -0.15) is 0 Å². The summed E-state index contributed by atoms with van der Waals surface area (Å²) in [6.07, 6.45) is 1.22. The summed E-state index contributed by atoms with van der Waals surface area (Å²) in [7, 11) is 0. The number of nitrogens with zero attached hydrogens (tertiary/aromatic N) is 1. The van der Waals surface area contributed by atoms with Gasteiger partial charge in [-0.05, 0) is 18.1 Å².